The zero-order valence-electron chi connectivity index (χ0n) is 10.8. The van der Waals surface area contributed by atoms with Crippen molar-refractivity contribution in [2.24, 2.45) is 0 Å². The molecule has 0 saturated carbocycles. The van der Waals surface area contributed by atoms with Crippen molar-refractivity contribution >= 4 is 17.7 Å². The Kier molecular flexibility index (Phi) is 4.03. The number of hydrogen-bond acceptors (Lipinski definition) is 2. The number of carbonyl (C=O) groups excluding carboxylic acids is 1. The van der Waals surface area contributed by atoms with E-state index in [2.05, 4.69) is 6.92 Å². The molecule has 1 heterocycles. The maximum Gasteiger partial charge on any atom is 0.246 e. The third kappa shape index (κ3) is 2.92. The monoisotopic (exact) mass is 244 g/mol. The molecule has 1 aliphatic heterocycles. The SMILES string of the molecule is CCC1CCCN1C(=O)/C=C/c1cccc(N)c1. The molecule has 0 radical (unpaired) electrons. The number of anilines is 1. The molecule has 0 spiro atoms. The van der Waals surface area contributed by atoms with Crippen molar-refractivity contribution in [3.8, 4) is 0 Å². The Bertz CT molecular complexity index is 454. The summed E-state index contributed by atoms with van der Waals surface area (Å²) in [6.07, 6.45) is 6.79. The highest BCUT2D eigenvalue weighted by molar-refractivity contribution is 5.92. The van der Waals surface area contributed by atoms with Gasteiger partial charge in [-0.1, -0.05) is 19.1 Å². The predicted octanol–water partition coefficient (Wildman–Crippen LogP) is 2.68. The van der Waals surface area contributed by atoms with Gasteiger partial charge in [-0.2, -0.15) is 0 Å². The van der Waals surface area contributed by atoms with Crippen LogP contribution in [0.3, 0.4) is 0 Å². The van der Waals surface area contributed by atoms with Gasteiger partial charge in [0.2, 0.25) is 5.91 Å². The molecule has 1 aromatic rings. The summed E-state index contributed by atoms with van der Waals surface area (Å²) in [6, 6.07) is 7.96. The third-order valence-corrected chi connectivity index (χ3v) is 3.46. The van der Waals surface area contributed by atoms with Crippen LogP contribution in [-0.2, 0) is 4.79 Å². The lowest BCUT2D eigenvalue weighted by atomic mass is 10.1. The number of nitrogens with two attached hydrogens (primary N) is 1. The lowest BCUT2D eigenvalue weighted by Crippen LogP contribution is -2.33. The van der Waals surface area contributed by atoms with Gasteiger partial charge in [0, 0.05) is 24.4 Å². The fourth-order valence-corrected chi connectivity index (χ4v) is 2.48. The normalized spacial score (nSPS) is 19.6. The van der Waals surface area contributed by atoms with Crippen LogP contribution in [0.25, 0.3) is 6.08 Å². The molecule has 3 heteroatoms. The average Bonchev–Trinajstić information content (AvgIpc) is 2.84. The maximum absolute atomic E-state index is 12.1. The van der Waals surface area contributed by atoms with Crippen LogP contribution in [0.2, 0.25) is 0 Å². The van der Waals surface area contributed by atoms with Gasteiger partial charge in [0.25, 0.3) is 0 Å². The zero-order valence-corrected chi connectivity index (χ0v) is 10.8. The fourth-order valence-electron chi connectivity index (χ4n) is 2.48. The molecule has 1 saturated heterocycles. The fraction of sp³-hybridized carbons (Fsp3) is 0.400. The molecule has 2 rings (SSSR count). The number of hydrogen-bond donors (Lipinski definition) is 1. The Morgan fingerprint density at radius 1 is 1.56 bits per heavy atom. The third-order valence-electron chi connectivity index (χ3n) is 3.46. The molecule has 3 nitrogen and oxygen atoms in total. The van der Waals surface area contributed by atoms with E-state index in [1.165, 1.54) is 0 Å². The molecular weight excluding hydrogens is 224 g/mol. The van der Waals surface area contributed by atoms with Gasteiger partial charge in [-0.05, 0) is 43.0 Å². The molecule has 1 aromatic carbocycles. The van der Waals surface area contributed by atoms with E-state index < -0.39 is 0 Å². The number of benzene rings is 1. The molecule has 1 fully saturated rings. The molecule has 1 aliphatic rings. The Hall–Kier alpha value is -1.77. The highest BCUT2D eigenvalue weighted by Crippen LogP contribution is 2.20. The van der Waals surface area contributed by atoms with Gasteiger partial charge in [0.15, 0.2) is 0 Å². The van der Waals surface area contributed by atoms with E-state index in [4.69, 9.17) is 5.73 Å². The van der Waals surface area contributed by atoms with Gasteiger partial charge >= 0.3 is 0 Å². The van der Waals surface area contributed by atoms with Gasteiger partial charge in [-0.25, -0.2) is 0 Å². The van der Waals surface area contributed by atoms with Crippen molar-refractivity contribution in [2.75, 3.05) is 12.3 Å². The number of nitrogen functional groups attached to an aromatic ring is 1. The summed E-state index contributed by atoms with van der Waals surface area (Å²) in [5.74, 6) is 0.113. The van der Waals surface area contributed by atoms with Gasteiger partial charge in [-0.3, -0.25) is 4.79 Å². The van der Waals surface area contributed by atoms with E-state index in [-0.39, 0.29) is 5.91 Å². The quantitative estimate of drug-likeness (QED) is 0.656. The minimum absolute atomic E-state index is 0.113. The van der Waals surface area contributed by atoms with Gasteiger partial charge in [0.05, 0.1) is 0 Å². The van der Waals surface area contributed by atoms with E-state index in [1.54, 1.807) is 6.08 Å². The molecule has 18 heavy (non-hydrogen) atoms. The molecule has 0 aliphatic carbocycles. The van der Waals surface area contributed by atoms with E-state index in [0.717, 1.165) is 37.1 Å². The number of amides is 1. The summed E-state index contributed by atoms with van der Waals surface area (Å²) in [4.78, 5) is 14.1. The summed E-state index contributed by atoms with van der Waals surface area (Å²) < 4.78 is 0. The topological polar surface area (TPSA) is 46.3 Å². The van der Waals surface area contributed by atoms with Gasteiger partial charge in [0.1, 0.15) is 0 Å². The van der Waals surface area contributed by atoms with Crippen LogP contribution >= 0.6 is 0 Å². The van der Waals surface area contributed by atoms with Crippen LogP contribution in [0.4, 0.5) is 5.69 Å². The van der Waals surface area contributed by atoms with Gasteiger partial charge < -0.3 is 10.6 Å². The van der Waals surface area contributed by atoms with Crippen molar-refractivity contribution in [1.82, 2.24) is 4.90 Å². The number of nitrogens with zero attached hydrogens (tertiary/aromatic N) is 1. The van der Waals surface area contributed by atoms with Crippen LogP contribution in [0.5, 0.6) is 0 Å². The van der Waals surface area contributed by atoms with Crippen LogP contribution in [0.1, 0.15) is 31.7 Å². The van der Waals surface area contributed by atoms with E-state index in [9.17, 15) is 4.79 Å². The summed E-state index contributed by atoms with van der Waals surface area (Å²) >= 11 is 0. The molecule has 1 amide bonds. The second-order valence-electron chi connectivity index (χ2n) is 4.74. The number of carbonyl (C=O) groups is 1. The number of likely N-dealkylation sites (tertiary alicyclic amines) is 1. The molecule has 1 unspecified atom stereocenters. The van der Waals surface area contributed by atoms with Crippen molar-refractivity contribution in [2.45, 2.75) is 32.2 Å². The first kappa shape index (κ1) is 12.7. The second-order valence-corrected chi connectivity index (χ2v) is 4.74. The highest BCUT2D eigenvalue weighted by Gasteiger charge is 2.25. The number of rotatable bonds is 3. The first-order valence-corrected chi connectivity index (χ1v) is 6.55. The largest absolute Gasteiger partial charge is 0.399 e. The Morgan fingerprint density at radius 3 is 3.11 bits per heavy atom. The summed E-state index contributed by atoms with van der Waals surface area (Å²) in [7, 11) is 0. The molecular formula is C15H20N2O. The minimum atomic E-state index is 0.113. The van der Waals surface area contributed by atoms with Crippen LogP contribution < -0.4 is 5.73 Å². The molecule has 2 N–H and O–H groups in total. The Balaban J connectivity index is 2.02. The average molecular weight is 244 g/mol. The van der Waals surface area contributed by atoms with E-state index in [1.807, 2.05) is 35.2 Å². The second kappa shape index (κ2) is 5.71. The van der Waals surface area contributed by atoms with Crippen molar-refractivity contribution in [3.05, 3.63) is 35.9 Å². The first-order chi connectivity index (χ1) is 8.70. The van der Waals surface area contributed by atoms with Crippen LogP contribution in [0, 0.1) is 0 Å². The van der Waals surface area contributed by atoms with Crippen molar-refractivity contribution in [1.29, 1.82) is 0 Å². The standard InChI is InChI=1S/C15H20N2O/c1-2-14-7-4-10-17(14)15(18)9-8-12-5-3-6-13(16)11-12/h3,5-6,8-9,11,14H,2,4,7,10,16H2,1H3/b9-8+. The summed E-state index contributed by atoms with van der Waals surface area (Å²) in [5, 5.41) is 0. The van der Waals surface area contributed by atoms with E-state index >= 15 is 0 Å². The summed E-state index contributed by atoms with van der Waals surface area (Å²) in [6.45, 7) is 3.02. The highest BCUT2D eigenvalue weighted by atomic mass is 16.2. The molecule has 0 bridgehead atoms. The predicted molar refractivity (Wildman–Crippen MR) is 74.9 cm³/mol. The summed E-state index contributed by atoms with van der Waals surface area (Å²) in [5.41, 5.74) is 7.39. The first-order valence-electron chi connectivity index (χ1n) is 6.55. The van der Waals surface area contributed by atoms with Gasteiger partial charge in [-0.15, -0.1) is 0 Å². The maximum atomic E-state index is 12.1. The Morgan fingerprint density at radius 2 is 2.39 bits per heavy atom. The van der Waals surface area contributed by atoms with Crippen LogP contribution in [0.15, 0.2) is 30.3 Å². The van der Waals surface area contributed by atoms with Crippen LogP contribution in [-0.4, -0.2) is 23.4 Å². The molecule has 1 atom stereocenters. The smallest absolute Gasteiger partial charge is 0.246 e. The van der Waals surface area contributed by atoms with Crippen molar-refractivity contribution in [3.63, 3.8) is 0 Å². The minimum Gasteiger partial charge on any atom is -0.399 e. The van der Waals surface area contributed by atoms with E-state index in [0.29, 0.717) is 6.04 Å². The zero-order chi connectivity index (χ0) is 13.0. The molecule has 0 aromatic heterocycles. The van der Waals surface area contributed by atoms with Crippen molar-refractivity contribution < 1.29 is 4.79 Å². The lowest BCUT2D eigenvalue weighted by Gasteiger charge is -2.21. The molecule has 96 valence electrons. The Labute approximate surface area is 108 Å². The lowest BCUT2D eigenvalue weighted by molar-refractivity contribution is -0.126.